The molecule has 0 saturated carbocycles. The van der Waals surface area contributed by atoms with Crippen LogP contribution in [0.25, 0.3) is 6.08 Å². The van der Waals surface area contributed by atoms with Gasteiger partial charge in [0, 0.05) is 5.92 Å². The number of hydrogen-bond donors (Lipinski definition) is 1. The lowest BCUT2D eigenvalue weighted by atomic mass is 9.82. The summed E-state index contributed by atoms with van der Waals surface area (Å²) in [6.45, 7) is 9.75. The number of carboxylic acids is 1. The summed E-state index contributed by atoms with van der Waals surface area (Å²) in [6.07, 6.45) is 4.51. The van der Waals surface area contributed by atoms with Crippen LogP contribution in [0.2, 0.25) is 0 Å². The van der Waals surface area contributed by atoms with Crippen molar-refractivity contribution in [2.45, 2.75) is 84.6 Å². The molecule has 5 nitrogen and oxygen atoms in total. The van der Waals surface area contributed by atoms with Gasteiger partial charge in [-0.1, -0.05) is 123 Å². The molecule has 5 heteroatoms. The third-order valence-corrected chi connectivity index (χ3v) is 9.03. The summed E-state index contributed by atoms with van der Waals surface area (Å²) >= 11 is 0. The number of benzene rings is 4. The van der Waals surface area contributed by atoms with Crippen LogP contribution in [0.1, 0.15) is 77.3 Å². The van der Waals surface area contributed by atoms with Gasteiger partial charge in [-0.05, 0) is 71.2 Å². The van der Waals surface area contributed by atoms with Gasteiger partial charge in [0.25, 0.3) is 0 Å². The van der Waals surface area contributed by atoms with Crippen LogP contribution in [-0.4, -0.2) is 29.4 Å². The highest BCUT2D eigenvalue weighted by Gasteiger charge is 2.45. The highest BCUT2D eigenvalue weighted by Crippen LogP contribution is 2.42. The van der Waals surface area contributed by atoms with Crippen LogP contribution in [0.4, 0.5) is 0 Å². The molecule has 0 amide bonds. The van der Waals surface area contributed by atoms with E-state index >= 15 is 0 Å². The number of rotatable bonds is 13. The predicted molar refractivity (Wildman–Crippen MR) is 184 cm³/mol. The molecule has 1 aliphatic heterocycles. The van der Waals surface area contributed by atoms with E-state index in [-0.39, 0.29) is 36.8 Å². The van der Waals surface area contributed by atoms with E-state index in [0.717, 1.165) is 35.1 Å². The number of carbonyl (C=O) groups is 1. The lowest BCUT2D eigenvalue weighted by Crippen LogP contribution is -2.52. The van der Waals surface area contributed by atoms with E-state index in [1.54, 1.807) is 6.08 Å². The number of aliphatic carboxylic acids is 1. The molecule has 0 unspecified atom stereocenters. The van der Waals surface area contributed by atoms with Crippen molar-refractivity contribution < 1.29 is 24.1 Å². The molecule has 5 atom stereocenters. The van der Waals surface area contributed by atoms with Crippen LogP contribution in [-0.2, 0) is 38.6 Å². The van der Waals surface area contributed by atoms with Gasteiger partial charge in [-0.15, -0.1) is 0 Å². The van der Waals surface area contributed by atoms with Gasteiger partial charge in [-0.25, -0.2) is 0 Å². The van der Waals surface area contributed by atoms with Crippen molar-refractivity contribution in [3.05, 3.63) is 148 Å². The Hall–Kier alpha value is -4.03. The first-order valence-corrected chi connectivity index (χ1v) is 16.4. The van der Waals surface area contributed by atoms with Crippen LogP contribution in [0, 0.1) is 19.8 Å². The summed E-state index contributed by atoms with van der Waals surface area (Å²) in [6, 6.07) is 33.5. The van der Waals surface area contributed by atoms with Crippen molar-refractivity contribution in [2.75, 3.05) is 0 Å². The highest BCUT2D eigenvalue weighted by atomic mass is 16.6. The fourth-order valence-corrected chi connectivity index (χ4v) is 6.43. The summed E-state index contributed by atoms with van der Waals surface area (Å²) in [7, 11) is 0. The average Bonchev–Trinajstić information content (AvgIpc) is 3.06. The molecule has 46 heavy (non-hydrogen) atoms. The van der Waals surface area contributed by atoms with Crippen molar-refractivity contribution >= 4 is 12.0 Å². The van der Waals surface area contributed by atoms with E-state index in [2.05, 4.69) is 76.2 Å². The monoisotopic (exact) mass is 618 g/mol. The minimum absolute atomic E-state index is 0.0161. The van der Waals surface area contributed by atoms with Crippen molar-refractivity contribution in [3.8, 4) is 0 Å². The molecule has 0 bridgehead atoms. The molecule has 0 spiro atoms. The Kier molecular flexibility index (Phi) is 11.6. The summed E-state index contributed by atoms with van der Waals surface area (Å²) < 4.78 is 20.5. The molecule has 1 N–H and O–H groups in total. The van der Waals surface area contributed by atoms with Gasteiger partial charge >= 0.3 is 5.97 Å². The van der Waals surface area contributed by atoms with Crippen LogP contribution in [0.5, 0.6) is 0 Å². The molecule has 0 aliphatic carbocycles. The number of hydrogen-bond acceptors (Lipinski definition) is 4. The second-order valence-corrected chi connectivity index (χ2v) is 12.4. The first-order valence-electron chi connectivity index (χ1n) is 16.4. The number of ether oxygens (including phenoxy) is 3. The van der Waals surface area contributed by atoms with Gasteiger partial charge in [-0.3, -0.25) is 4.79 Å². The Morgan fingerprint density at radius 3 is 2.00 bits per heavy atom. The van der Waals surface area contributed by atoms with Crippen molar-refractivity contribution in [1.29, 1.82) is 0 Å². The second kappa shape index (κ2) is 16.0. The summed E-state index contributed by atoms with van der Waals surface area (Å²) in [5, 5.41) is 8.92. The van der Waals surface area contributed by atoms with Crippen molar-refractivity contribution in [3.63, 3.8) is 0 Å². The van der Waals surface area contributed by atoms with E-state index in [4.69, 9.17) is 19.3 Å². The second-order valence-electron chi connectivity index (χ2n) is 12.4. The van der Waals surface area contributed by atoms with E-state index in [9.17, 15) is 4.79 Å². The minimum Gasteiger partial charge on any atom is -0.481 e. The highest BCUT2D eigenvalue weighted by molar-refractivity contribution is 5.70. The van der Waals surface area contributed by atoms with E-state index < -0.39 is 5.97 Å². The molecule has 1 saturated heterocycles. The van der Waals surface area contributed by atoms with Gasteiger partial charge in [0.2, 0.25) is 0 Å². The summed E-state index contributed by atoms with van der Waals surface area (Å²) in [4.78, 5) is 10.9. The maximum Gasteiger partial charge on any atom is 0.307 e. The zero-order valence-electron chi connectivity index (χ0n) is 27.4. The Labute approximate surface area is 273 Å². The topological polar surface area (TPSA) is 65.0 Å². The van der Waals surface area contributed by atoms with Crippen molar-refractivity contribution in [2.24, 2.45) is 5.92 Å². The number of aryl methyl sites for hydroxylation is 2. The van der Waals surface area contributed by atoms with Gasteiger partial charge in [0.15, 0.2) is 0 Å². The molecular formula is C41H46O5. The Balaban J connectivity index is 1.45. The van der Waals surface area contributed by atoms with Gasteiger partial charge in [0.05, 0.1) is 31.8 Å². The van der Waals surface area contributed by atoms with E-state index in [1.807, 2.05) is 54.6 Å². The fraction of sp³-hybridized carbons (Fsp3) is 0.341. The Morgan fingerprint density at radius 1 is 0.804 bits per heavy atom. The molecule has 4 aromatic carbocycles. The lowest BCUT2D eigenvalue weighted by molar-refractivity contribution is -0.235. The molecule has 1 fully saturated rings. The van der Waals surface area contributed by atoms with Crippen LogP contribution in [0.3, 0.4) is 0 Å². The fourth-order valence-electron chi connectivity index (χ4n) is 6.43. The Bertz CT molecular complexity index is 1580. The molecule has 5 rings (SSSR count). The largest absolute Gasteiger partial charge is 0.481 e. The van der Waals surface area contributed by atoms with Crippen molar-refractivity contribution in [1.82, 2.24) is 0 Å². The van der Waals surface area contributed by atoms with Gasteiger partial charge in [0.1, 0.15) is 12.2 Å². The molecule has 1 heterocycles. The van der Waals surface area contributed by atoms with Crippen LogP contribution in [0.15, 0.2) is 103 Å². The SMILES string of the molecule is CC[C@H]1O[C@@H](c2cc(Cc3ccc(/C=C/CC(=O)O)cc3)c(C)cc2C)[C@H](OCc2ccccc2)[C@@H](OCc2ccccc2)[C@@H]1C. The van der Waals surface area contributed by atoms with Gasteiger partial charge < -0.3 is 19.3 Å². The Morgan fingerprint density at radius 2 is 1.41 bits per heavy atom. The predicted octanol–water partition coefficient (Wildman–Crippen LogP) is 9.04. The minimum atomic E-state index is -0.832. The zero-order valence-corrected chi connectivity index (χ0v) is 27.4. The normalized spacial score (nSPS) is 21.4. The first kappa shape index (κ1) is 33.3. The third-order valence-electron chi connectivity index (χ3n) is 9.03. The first-order chi connectivity index (χ1) is 22.3. The molecule has 4 aromatic rings. The summed E-state index contributed by atoms with van der Waals surface area (Å²) in [5.41, 5.74) is 9.26. The molecule has 240 valence electrons. The molecule has 0 aromatic heterocycles. The quantitative estimate of drug-likeness (QED) is 0.162. The van der Waals surface area contributed by atoms with E-state index in [0.29, 0.717) is 13.2 Å². The standard InChI is InChI=1S/C41H46O5/c1-5-37-30(4)39(44-26-33-13-8-6-9-14-33)41(45-27-34-15-10-7-11-16-34)40(46-37)36-25-35(28(2)23-29(36)3)24-32-21-19-31(20-22-32)17-12-18-38(42)43/h6-17,19-23,25,30,37,39-41H,5,18,24,26-27H2,1-4H3,(H,42,43)/b17-12+/t30-,37-,39+,40+,41-/m1/s1. The smallest absolute Gasteiger partial charge is 0.307 e. The molecular weight excluding hydrogens is 572 g/mol. The zero-order chi connectivity index (χ0) is 32.5. The maximum atomic E-state index is 10.9. The van der Waals surface area contributed by atoms with Gasteiger partial charge in [-0.2, -0.15) is 0 Å². The average molecular weight is 619 g/mol. The van der Waals surface area contributed by atoms with Crippen LogP contribution >= 0.6 is 0 Å². The third kappa shape index (κ3) is 8.61. The van der Waals surface area contributed by atoms with E-state index in [1.165, 1.54) is 22.3 Å². The molecule has 1 aliphatic rings. The number of carboxylic acid groups (broad SMARTS) is 1. The lowest BCUT2D eigenvalue weighted by Gasteiger charge is -2.46. The van der Waals surface area contributed by atoms with Crippen LogP contribution < -0.4 is 0 Å². The molecule has 0 radical (unpaired) electrons. The maximum absolute atomic E-state index is 10.9. The summed E-state index contributed by atoms with van der Waals surface area (Å²) in [5.74, 6) is -0.680.